The third kappa shape index (κ3) is 4.10. The molecule has 0 bridgehead atoms. The SMILES string of the molecule is C(=C\C1CCC(C2CCCCC2)CC1)/C1CCNCC1. The fourth-order valence-electron chi connectivity index (χ4n) is 4.77. The Morgan fingerprint density at radius 3 is 1.75 bits per heavy atom. The zero-order valence-corrected chi connectivity index (χ0v) is 13.2. The zero-order chi connectivity index (χ0) is 13.6. The fraction of sp³-hybridized carbons (Fsp3) is 0.895. The highest BCUT2D eigenvalue weighted by Gasteiger charge is 2.27. The quantitative estimate of drug-likeness (QED) is 0.720. The number of nitrogens with one attached hydrogen (secondary N) is 1. The third-order valence-electron chi connectivity index (χ3n) is 6.17. The van der Waals surface area contributed by atoms with E-state index in [-0.39, 0.29) is 0 Å². The lowest BCUT2D eigenvalue weighted by Gasteiger charge is -2.35. The van der Waals surface area contributed by atoms with Gasteiger partial charge in [-0.3, -0.25) is 0 Å². The van der Waals surface area contributed by atoms with Crippen LogP contribution in [0.15, 0.2) is 12.2 Å². The number of hydrogen-bond acceptors (Lipinski definition) is 1. The van der Waals surface area contributed by atoms with Crippen LogP contribution in [-0.2, 0) is 0 Å². The van der Waals surface area contributed by atoms with Crippen LogP contribution in [0.1, 0.15) is 70.6 Å². The molecule has 2 aliphatic carbocycles. The van der Waals surface area contributed by atoms with E-state index in [1.54, 1.807) is 12.8 Å². The Morgan fingerprint density at radius 1 is 0.550 bits per heavy atom. The lowest BCUT2D eigenvalue weighted by atomic mass is 9.71. The number of piperidine rings is 1. The summed E-state index contributed by atoms with van der Waals surface area (Å²) in [5, 5.41) is 3.46. The average Bonchev–Trinajstić information content (AvgIpc) is 2.55. The van der Waals surface area contributed by atoms with E-state index in [9.17, 15) is 0 Å². The molecule has 0 aromatic heterocycles. The van der Waals surface area contributed by atoms with E-state index < -0.39 is 0 Å². The summed E-state index contributed by atoms with van der Waals surface area (Å²) in [4.78, 5) is 0. The summed E-state index contributed by atoms with van der Waals surface area (Å²) in [6.45, 7) is 2.45. The van der Waals surface area contributed by atoms with Crippen LogP contribution in [0.2, 0.25) is 0 Å². The maximum absolute atomic E-state index is 3.46. The Labute approximate surface area is 125 Å². The van der Waals surface area contributed by atoms with E-state index in [4.69, 9.17) is 0 Å². The molecule has 2 saturated carbocycles. The Hall–Kier alpha value is -0.300. The van der Waals surface area contributed by atoms with Crippen molar-refractivity contribution in [2.75, 3.05) is 13.1 Å². The van der Waals surface area contributed by atoms with Crippen molar-refractivity contribution in [1.82, 2.24) is 5.32 Å². The van der Waals surface area contributed by atoms with Crippen molar-refractivity contribution in [3.8, 4) is 0 Å². The van der Waals surface area contributed by atoms with E-state index in [1.807, 2.05) is 0 Å². The van der Waals surface area contributed by atoms with Gasteiger partial charge in [0.2, 0.25) is 0 Å². The molecule has 114 valence electrons. The Bertz CT molecular complexity index is 289. The van der Waals surface area contributed by atoms with Gasteiger partial charge in [-0.15, -0.1) is 0 Å². The highest BCUT2D eigenvalue weighted by Crippen LogP contribution is 2.40. The molecule has 3 rings (SSSR count). The van der Waals surface area contributed by atoms with Crippen LogP contribution in [-0.4, -0.2) is 13.1 Å². The summed E-state index contributed by atoms with van der Waals surface area (Å²) in [5.41, 5.74) is 0. The molecule has 0 atom stereocenters. The summed E-state index contributed by atoms with van der Waals surface area (Å²) >= 11 is 0. The topological polar surface area (TPSA) is 12.0 Å². The van der Waals surface area contributed by atoms with Gasteiger partial charge in [-0.05, 0) is 75.3 Å². The zero-order valence-electron chi connectivity index (χ0n) is 13.2. The van der Waals surface area contributed by atoms with Gasteiger partial charge in [-0.2, -0.15) is 0 Å². The van der Waals surface area contributed by atoms with Gasteiger partial charge in [0.15, 0.2) is 0 Å². The molecule has 0 amide bonds. The second kappa shape index (κ2) is 7.64. The second-order valence-electron chi connectivity index (χ2n) is 7.55. The van der Waals surface area contributed by atoms with Crippen LogP contribution >= 0.6 is 0 Å². The smallest absolute Gasteiger partial charge is 0.00433 e. The number of rotatable bonds is 3. The summed E-state index contributed by atoms with van der Waals surface area (Å²) in [6.07, 6.45) is 21.5. The molecular formula is C19H33N. The van der Waals surface area contributed by atoms with Crippen molar-refractivity contribution in [2.24, 2.45) is 23.7 Å². The van der Waals surface area contributed by atoms with Crippen molar-refractivity contribution in [2.45, 2.75) is 70.6 Å². The maximum Gasteiger partial charge on any atom is -0.00433 e. The summed E-state index contributed by atoms with van der Waals surface area (Å²) < 4.78 is 0. The van der Waals surface area contributed by atoms with Crippen molar-refractivity contribution in [3.05, 3.63) is 12.2 Å². The molecule has 0 aromatic carbocycles. The van der Waals surface area contributed by atoms with Gasteiger partial charge in [0.1, 0.15) is 0 Å². The van der Waals surface area contributed by atoms with Gasteiger partial charge < -0.3 is 5.32 Å². The minimum Gasteiger partial charge on any atom is -0.317 e. The van der Waals surface area contributed by atoms with Gasteiger partial charge in [-0.1, -0.05) is 44.3 Å². The van der Waals surface area contributed by atoms with Crippen molar-refractivity contribution >= 4 is 0 Å². The molecule has 1 N–H and O–H groups in total. The predicted octanol–water partition coefficient (Wildman–Crippen LogP) is 4.93. The Kier molecular flexibility index (Phi) is 5.59. The first-order valence-corrected chi connectivity index (χ1v) is 9.31. The van der Waals surface area contributed by atoms with E-state index >= 15 is 0 Å². The summed E-state index contributed by atoms with van der Waals surface area (Å²) in [7, 11) is 0. The monoisotopic (exact) mass is 275 g/mol. The highest BCUT2D eigenvalue weighted by atomic mass is 14.9. The van der Waals surface area contributed by atoms with Crippen molar-refractivity contribution in [1.29, 1.82) is 0 Å². The molecule has 1 saturated heterocycles. The first-order valence-electron chi connectivity index (χ1n) is 9.31. The number of allylic oxidation sites excluding steroid dienone is 2. The van der Waals surface area contributed by atoms with Crippen LogP contribution < -0.4 is 5.32 Å². The van der Waals surface area contributed by atoms with E-state index in [0.29, 0.717) is 0 Å². The van der Waals surface area contributed by atoms with Gasteiger partial charge in [0.05, 0.1) is 0 Å². The van der Waals surface area contributed by atoms with E-state index in [0.717, 1.165) is 23.7 Å². The molecular weight excluding hydrogens is 242 g/mol. The lowest BCUT2D eigenvalue weighted by molar-refractivity contribution is 0.180. The minimum absolute atomic E-state index is 0.868. The van der Waals surface area contributed by atoms with Crippen LogP contribution in [0.3, 0.4) is 0 Å². The average molecular weight is 275 g/mol. The molecule has 1 aliphatic heterocycles. The molecule has 0 radical (unpaired) electrons. The second-order valence-corrected chi connectivity index (χ2v) is 7.55. The normalized spacial score (nSPS) is 34.6. The summed E-state index contributed by atoms with van der Waals surface area (Å²) in [5.74, 6) is 3.95. The van der Waals surface area contributed by atoms with E-state index in [2.05, 4.69) is 17.5 Å². The lowest BCUT2D eigenvalue weighted by Crippen LogP contribution is -2.27. The van der Waals surface area contributed by atoms with Gasteiger partial charge in [0.25, 0.3) is 0 Å². The largest absolute Gasteiger partial charge is 0.317 e. The molecule has 0 unspecified atom stereocenters. The molecule has 3 fully saturated rings. The maximum atomic E-state index is 3.46. The number of hydrogen-bond donors (Lipinski definition) is 1. The standard InChI is InChI=1S/C19H33N/c1-2-4-18(5-3-1)19-10-8-16(9-11-19)6-7-17-12-14-20-15-13-17/h6-7,16-20H,1-5,8-15H2/b7-6+. The molecule has 0 spiro atoms. The first kappa shape index (κ1) is 14.6. The highest BCUT2D eigenvalue weighted by molar-refractivity contribution is 4.96. The molecule has 20 heavy (non-hydrogen) atoms. The molecule has 1 heterocycles. The van der Waals surface area contributed by atoms with Gasteiger partial charge in [-0.25, -0.2) is 0 Å². The minimum atomic E-state index is 0.868. The van der Waals surface area contributed by atoms with Crippen LogP contribution in [0.25, 0.3) is 0 Å². The molecule has 0 aromatic rings. The van der Waals surface area contributed by atoms with E-state index in [1.165, 1.54) is 70.9 Å². The van der Waals surface area contributed by atoms with Gasteiger partial charge in [0, 0.05) is 0 Å². The molecule has 1 nitrogen and oxygen atoms in total. The summed E-state index contributed by atoms with van der Waals surface area (Å²) in [6, 6.07) is 0. The van der Waals surface area contributed by atoms with Crippen LogP contribution in [0.4, 0.5) is 0 Å². The molecule has 3 aliphatic rings. The first-order chi connectivity index (χ1) is 9.92. The fourth-order valence-corrected chi connectivity index (χ4v) is 4.77. The van der Waals surface area contributed by atoms with Crippen LogP contribution in [0, 0.1) is 23.7 Å². The third-order valence-corrected chi connectivity index (χ3v) is 6.17. The Morgan fingerprint density at radius 2 is 1.10 bits per heavy atom. The predicted molar refractivity (Wildman–Crippen MR) is 86.8 cm³/mol. The molecule has 1 heteroatoms. The van der Waals surface area contributed by atoms with Crippen molar-refractivity contribution < 1.29 is 0 Å². The Balaban J connectivity index is 1.40. The van der Waals surface area contributed by atoms with Crippen LogP contribution in [0.5, 0.6) is 0 Å². The van der Waals surface area contributed by atoms with Gasteiger partial charge >= 0.3 is 0 Å². The van der Waals surface area contributed by atoms with Crippen molar-refractivity contribution in [3.63, 3.8) is 0 Å².